The zero-order chi connectivity index (χ0) is 19.3. The van der Waals surface area contributed by atoms with Gasteiger partial charge < -0.3 is 4.57 Å². The van der Waals surface area contributed by atoms with E-state index < -0.39 is 0 Å². The predicted octanol–water partition coefficient (Wildman–Crippen LogP) is 5.10. The second-order valence-corrected chi connectivity index (χ2v) is 9.64. The Kier molecular flexibility index (Phi) is 4.90. The first kappa shape index (κ1) is 18.5. The van der Waals surface area contributed by atoms with Crippen LogP contribution in [0.4, 0.5) is 0 Å². The molecule has 2 aliphatic rings. The Balaban J connectivity index is 1.40. The highest BCUT2D eigenvalue weighted by Crippen LogP contribution is 2.33. The molecule has 0 saturated carbocycles. The average Bonchev–Trinajstić information content (AvgIpc) is 3.05. The van der Waals surface area contributed by atoms with Crippen molar-refractivity contribution in [1.82, 2.24) is 14.5 Å². The van der Waals surface area contributed by atoms with Crippen molar-refractivity contribution in [3.05, 3.63) is 63.9 Å². The van der Waals surface area contributed by atoms with Gasteiger partial charge in [-0.2, -0.15) is 0 Å². The maximum Gasteiger partial charge on any atom is 0.124 e. The van der Waals surface area contributed by atoms with Gasteiger partial charge in [-0.05, 0) is 72.5 Å². The molecule has 3 heterocycles. The van der Waals surface area contributed by atoms with Gasteiger partial charge in [0.1, 0.15) is 5.82 Å². The van der Waals surface area contributed by atoms with Gasteiger partial charge in [-0.1, -0.05) is 34.1 Å². The van der Waals surface area contributed by atoms with Gasteiger partial charge in [-0.15, -0.1) is 9.24 Å². The van der Waals surface area contributed by atoms with Crippen LogP contribution in [0.1, 0.15) is 42.8 Å². The second kappa shape index (κ2) is 7.40. The molecule has 0 aliphatic carbocycles. The molecule has 144 valence electrons. The minimum absolute atomic E-state index is 0.529. The van der Waals surface area contributed by atoms with E-state index in [0.717, 1.165) is 42.5 Å². The van der Waals surface area contributed by atoms with Crippen molar-refractivity contribution in [3.8, 4) is 0 Å². The van der Waals surface area contributed by atoms with Gasteiger partial charge in [0.05, 0.1) is 17.6 Å². The SMILES string of the molecule is CC1CCc2cc(P)cc3nc(CN4CC=C(c5ccc(Br)cc5)CC4)n1c23. The fourth-order valence-corrected chi connectivity index (χ4v) is 5.26. The standard InChI is InChI=1S/C23H25BrN3P/c1-15-2-3-18-12-20(28)13-21-23(18)27(15)22(25-21)14-26-10-8-17(9-11-26)16-4-6-19(24)7-5-16/h4-8,12-13,15H,2-3,9-11,14,28H2,1H3. The Morgan fingerprint density at radius 1 is 1.18 bits per heavy atom. The molecular formula is C23H25BrN3P. The highest BCUT2D eigenvalue weighted by atomic mass is 79.9. The van der Waals surface area contributed by atoms with Gasteiger partial charge in [0.2, 0.25) is 0 Å². The monoisotopic (exact) mass is 453 g/mol. The summed E-state index contributed by atoms with van der Waals surface area (Å²) in [5, 5.41) is 1.24. The maximum absolute atomic E-state index is 5.06. The summed E-state index contributed by atoms with van der Waals surface area (Å²) in [7, 11) is 2.84. The smallest absolute Gasteiger partial charge is 0.124 e. The number of aromatic nitrogens is 2. The lowest BCUT2D eigenvalue weighted by atomic mass is 9.99. The molecule has 1 aromatic heterocycles. The number of halogens is 1. The molecule has 0 fully saturated rings. The Morgan fingerprint density at radius 3 is 2.75 bits per heavy atom. The van der Waals surface area contributed by atoms with Crippen molar-refractivity contribution < 1.29 is 0 Å². The molecule has 2 aliphatic heterocycles. The largest absolute Gasteiger partial charge is 0.324 e. The van der Waals surface area contributed by atoms with E-state index in [1.54, 1.807) is 0 Å². The fourth-order valence-electron chi connectivity index (χ4n) is 4.64. The van der Waals surface area contributed by atoms with E-state index in [1.807, 2.05) is 0 Å². The molecular weight excluding hydrogens is 429 g/mol. The Labute approximate surface area is 177 Å². The van der Waals surface area contributed by atoms with Crippen LogP contribution in [0.5, 0.6) is 0 Å². The molecule has 3 aromatic rings. The van der Waals surface area contributed by atoms with Crippen molar-refractivity contribution in [1.29, 1.82) is 0 Å². The second-order valence-electron chi connectivity index (χ2n) is 8.05. The number of aryl methyl sites for hydroxylation is 1. The van der Waals surface area contributed by atoms with E-state index >= 15 is 0 Å². The van der Waals surface area contributed by atoms with Crippen molar-refractivity contribution in [2.24, 2.45) is 0 Å². The third kappa shape index (κ3) is 3.36. The lowest BCUT2D eigenvalue weighted by molar-refractivity contribution is 0.278. The van der Waals surface area contributed by atoms with E-state index in [9.17, 15) is 0 Å². The van der Waals surface area contributed by atoms with Crippen LogP contribution in [0.2, 0.25) is 0 Å². The number of hydrogen-bond acceptors (Lipinski definition) is 2. The molecule has 2 unspecified atom stereocenters. The zero-order valence-electron chi connectivity index (χ0n) is 16.2. The quantitative estimate of drug-likeness (QED) is 0.514. The third-order valence-electron chi connectivity index (χ3n) is 6.11. The van der Waals surface area contributed by atoms with E-state index in [1.165, 1.54) is 39.8 Å². The molecule has 5 heteroatoms. The van der Waals surface area contributed by atoms with Crippen molar-refractivity contribution >= 4 is 47.1 Å². The minimum atomic E-state index is 0.529. The topological polar surface area (TPSA) is 21.1 Å². The minimum Gasteiger partial charge on any atom is -0.324 e. The first-order chi connectivity index (χ1) is 13.6. The van der Waals surface area contributed by atoms with Crippen molar-refractivity contribution in [2.45, 2.75) is 38.8 Å². The van der Waals surface area contributed by atoms with Gasteiger partial charge in [-0.3, -0.25) is 4.90 Å². The number of benzene rings is 2. The molecule has 2 aromatic carbocycles. The molecule has 0 spiro atoms. The number of rotatable bonds is 3. The molecule has 0 bridgehead atoms. The summed E-state index contributed by atoms with van der Waals surface area (Å²) in [6, 6.07) is 13.7. The van der Waals surface area contributed by atoms with Crippen LogP contribution in [0.15, 0.2) is 46.9 Å². The maximum atomic E-state index is 5.06. The summed E-state index contributed by atoms with van der Waals surface area (Å²) in [5.74, 6) is 1.22. The van der Waals surface area contributed by atoms with Crippen LogP contribution in [-0.4, -0.2) is 27.5 Å². The molecule has 2 atom stereocenters. The number of hydrogen-bond donors (Lipinski definition) is 0. The highest BCUT2D eigenvalue weighted by Gasteiger charge is 2.24. The number of imidazole rings is 1. The Hall–Kier alpha value is -1.48. The van der Waals surface area contributed by atoms with Crippen molar-refractivity contribution in [3.63, 3.8) is 0 Å². The molecule has 0 N–H and O–H groups in total. The molecule has 28 heavy (non-hydrogen) atoms. The van der Waals surface area contributed by atoms with Crippen LogP contribution in [-0.2, 0) is 13.0 Å². The van der Waals surface area contributed by atoms with Gasteiger partial charge in [0.25, 0.3) is 0 Å². The van der Waals surface area contributed by atoms with Crippen molar-refractivity contribution in [2.75, 3.05) is 13.1 Å². The summed E-state index contributed by atoms with van der Waals surface area (Å²) in [4.78, 5) is 7.58. The normalized spacial score (nSPS) is 19.8. The summed E-state index contributed by atoms with van der Waals surface area (Å²) in [6.07, 6.45) is 5.85. The van der Waals surface area contributed by atoms with Crippen LogP contribution in [0.25, 0.3) is 16.6 Å². The molecule has 0 saturated heterocycles. The fraction of sp³-hybridized carbons (Fsp3) is 0.348. The van der Waals surface area contributed by atoms with Gasteiger partial charge in [-0.25, -0.2) is 4.98 Å². The van der Waals surface area contributed by atoms with Crippen LogP contribution in [0.3, 0.4) is 0 Å². The zero-order valence-corrected chi connectivity index (χ0v) is 18.9. The van der Waals surface area contributed by atoms with E-state index in [0.29, 0.717) is 6.04 Å². The summed E-state index contributed by atoms with van der Waals surface area (Å²) < 4.78 is 3.64. The Bertz CT molecular complexity index is 1070. The summed E-state index contributed by atoms with van der Waals surface area (Å²) >= 11 is 3.52. The third-order valence-corrected chi connectivity index (χ3v) is 6.97. The van der Waals surface area contributed by atoms with E-state index in [2.05, 4.69) is 84.0 Å². The Morgan fingerprint density at radius 2 is 2.00 bits per heavy atom. The van der Waals surface area contributed by atoms with Gasteiger partial charge in [0, 0.05) is 23.6 Å². The highest BCUT2D eigenvalue weighted by molar-refractivity contribution is 9.10. The predicted molar refractivity (Wildman–Crippen MR) is 124 cm³/mol. The average molecular weight is 454 g/mol. The lowest BCUT2D eigenvalue weighted by Crippen LogP contribution is -2.30. The van der Waals surface area contributed by atoms with Crippen LogP contribution < -0.4 is 5.30 Å². The van der Waals surface area contributed by atoms with E-state index in [-0.39, 0.29) is 0 Å². The lowest BCUT2D eigenvalue weighted by Gasteiger charge is -2.28. The first-order valence-electron chi connectivity index (χ1n) is 10.0. The summed E-state index contributed by atoms with van der Waals surface area (Å²) in [5.41, 5.74) is 6.78. The molecule has 3 nitrogen and oxygen atoms in total. The molecule has 0 amide bonds. The summed E-state index contributed by atoms with van der Waals surface area (Å²) in [6.45, 7) is 5.34. The number of nitrogens with zero attached hydrogens (tertiary/aromatic N) is 3. The first-order valence-corrected chi connectivity index (χ1v) is 11.4. The van der Waals surface area contributed by atoms with Crippen LogP contribution in [0, 0.1) is 0 Å². The van der Waals surface area contributed by atoms with E-state index in [4.69, 9.17) is 4.98 Å². The van der Waals surface area contributed by atoms with Gasteiger partial charge >= 0.3 is 0 Å². The molecule has 5 rings (SSSR count). The molecule has 0 radical (unpaired) electrons. The van der Waals surface area contributed by atoms with Crippen LogP contribution >= 0.6 is 25.2 Å². The van der Waals surface area contributed by atoms with Gasteiger partial charge in [0.15, 0.2) is 0 Å².